The quantitative estimate of drug-likeness (QED) is 0.865. The molecule has 0 radical (unpaired) electrons. The van der Waals surface area contributed by atoms with Gasteiger partial charge in [-0.25, -0.2) is 14.5 Å². The SMILES string of the molecule is CCC1(c2nc(Cl)c3cnc(N)nn23)CC1. The van der Waals surface area contributed by atoms with Gasteiger partial charge in [0, 0.05) is 5.41 Å². The maximum atomic E-state index is 6.07. The first-order chi connectivity index (χ1) is 7.66. The summed E-state index contributed by atoms with van der Waals surface area (Å²) in [5.41, 5.74) is 6.47. The van der Waals surface area contributed by atoms with Gasteiger partial charge in [0.05, 0.1) is 6.20 Å². The Morgan fingerprint density at radius 2 is 2.31 bits per heavy atom. The fraction of sp³-hybridized carbons (Fsp3) is 0.500. The topological polar surface area (TPSA) is 69.1 Å². The molecule has 3 rings (SSSR count). The Kier molecular flexibility index (Phi) is 1.89. The zero-order valence-corrected chi connectivity index (χ0v) is 9.70. The summed E-state index contributed by atoms with van der Waals surface area (Å²) >= 11 is 6.07. The molecule has 1 fully saturated rings. The van der Waals surface area contributed by atoms with Crippen molar-refractivity contribution in [3.05, 3.63) is 17.2 Å². The number of anilines is 1. The highest BCUT2D eigenvalue weighted by molar-refractivity contribution is 6.32. The highest BCUT2D eigenvalue weighted by Crippen LogP contribution is 2.50. The van der Waals surface area contributed by atoms with Crippen LogP contribution < -0.4 is 5.73 Å². The predicted molar refractivity (Wildman–Crippen MR) is 61.4 cm³/mol. The maximum absolute atomic E-state index is 6.07. The van der Waals surface area contributed by atoms with Gasteiger partial charge in [-0.15, -0.1) is 5.10 Å². The Balaban J connectivity index is 2.29. The average molecular weight is 238 g/mol. The molecule has 2 heterocycles. The van der Waals surface area contributed by atoms with E-state index in [0.717, 1.165) is 30.6 Å². The van der Waals surface area contributed by atoms with Crippen molar-refractivity contribution in [2.24, 2.45) is 0 Å². The van der Waals surface area contributed by atoms with Crippen LogP contribution in [0.4, 0.5) is 5.95 Å². The largest absolute Gasteiger partial charge is 0.367 e. The van der Waals surface area contributed by atoms with E-state index >= 15 is 0 Å². The number of hydrogen-bond acceptors (Lipinski definition) is 4. The van der Waals surface area contributed by atoms with Crippen molar-refractivity contribution in [2.75, 3.05) is 5.73 Å². The lowest BCUT2D eigenvalue weighted by atomic mass is 10.0. The van der Waals surface area contributed by atoms with Crippen LogP contribution in [0, 0.1) is 0 Å². The lowest BCUT2D eigenvalue weighted by Gasteiger charge is -2.09. The van der Waals surface area contributed by atoms with Crippen LogP contribution in [0.5, 0.6) is 0 Å². The number of nitrogens with zero attached hydrogens (tertiary/aromatic N) is 4. The molecule has 0 saturated heterocycles. The monoisotopic (exact) mass is 237 g/mol. The smallest absolute Gasteiger partial charge is 0.238 e. The summed E-state index contributed by atoms with van der Waals surface area (Å²) in [5, 5.41) is 4.64. The van der Waals surface area contributed by atoms with Crippen LogP contribution in [0.3, 0.4) is 0 Å². The van der Waals surface area contributed by atoms with Gasteiger partial charge in [0.15, 0.2) is 5.15 Å². The zero-order chi connectivity index (χ0) is 11.3. The van der Waals surface area contributed by atoms with Crippen LogP contribution in [0.25, 0.3) is 5.52 Å². The Morgan fingerprint density at radius 1 is 1.56 bits per heavy atom. The molecule has 0 aliphatic heterocycles. The van der Waals surface area contributed by atoms with E-state index in [9.17, 15) is 0 Å². The van der Waals surface area contributed by atoms with Crippen LogP contribution in [0.1, 0.15) is 32.0 Å². The molecule has 0 bridgehead atoms. The summed E-state index contributed by atoms with van der Waals surface area (Å²) in [6.07, 6.45) is 4.95. The van der Waals surface area contributed by atoms with Crippen LogP contribution in [0.15, 0.2) is 6.20 Å². The third kappa shape index (κ3) is 1.21. The molecule has 2 aromatic rings. The summed E-state index contributed by atoms with van der Waals surface area (Å²) in [6, 6.07) is 0. The molecule has 0 aromatic carbocycles. The molecule has 0 atom stereocenters. The van der Waals surface area contributed by atoms with E-state index < -0.39 is 0 Å². The first kappa shape index (κ1) is 9.84. The molecule has 1 aliphatic carbocycles. The Hall–Kier alpha value is -1.36. The second-order valence-corrected chi connectivity index (χ2v) is 4.63. The minimum Gasteiger partial charge on any atom is -0.367 e. The van der Waals surface area contributed by atoms with Crippen LogP contribution in [0.2, 0.25) is 5.15 Å². The molecule has 2 N–H and O–H groups in total. The van der Waals surface area contributed by atoms with Crippen molar-refractivity contribution in [3.63, 3.8) is 0 Å². The lowest BCUT2D eigenvalue weighted by Crippen LogP contribution is -2.13. The first-order valence-corrected chi connectivity index (χ1v) is 5.71. The molecule has 1 aliphatic rings. The van der Waals surface area contributed by atoms with Crippen molar-refractivity contribution < 1.29 is 0 Å². The summed E-state index contributed by atoms with van der Waals surface area (Å²) < 4.78 is 1.74. The third-order valence-corrected chi connectivity index (χ3v) is 3.65. The number of imidazole rings is 1. The summed E-state index contributed by atoms with van der Waals surface area (Å²) in [5.74, 6) is 1.17. The minimum atomic E-state index is 0.150. The van der Waals surface area contributed by atoms with E-state index in [2.05, 4.69) is 22.0 Å². The Bertz CT molecular complexity index is 558. The van der Waals surface area contributed by atoms with Crippen molar-refractivity contribution in [1.82, 2.24) is 19.6 Å². The standard InChI is InChI=1S/C10H12ClN5/c1-2-10(3-4-10)8-14-7(11)6-5-13-9(12)15-16(6)8/h5H,2-4H2,1H3,(H2,12,15). The van der Waals surface area contributed by atoms with Gasteiger partial charge < -0.3 is 5.73 Å². The Labute approximate surface area is 97.6 Å². The lowest BCUT2D eigenvalue weighted by molar-refractivity contribution is 0.594. The second kappa shape index (κ2) is 3.07. The Morgan fingerprint density at radius 3 is 2.94 bits per heavy atom. The highest BCUT2D eigenvalue weighted by Gasteiger charge is 2.46. The number of nitrogen functional groups attached to an aromatic ring is 1. The summed E-state index contributed by atoms with van der Waals surface area (Å²) in [4.78, 5) is 8.34. The molecular weight excluding hydrogens is 226 g/mol. The molecule has 0 spiro atoms. The second-order valence-electron chi connectivity index (χ2n) is 4.27. The maximum Gasteiger partial charge on any atom is 0.238 e. The highest BCUT2D eigenvalue weighted by atomic mass is 35.5. The molecule has 16 heavy (non-hydrogen) atoms. The fourth-order valence-corrected chi connectivity index (χ4v) is 2.30. The zero-order valence-electron chi connectivity index (χ0n) is 8.94. The molecule has 84 valence electrons. The van der Waals surface area contributed by atoms with Crippen LogP contribution >= 0.6 is 11.6 Å². The predicted octanol–water partition coefficient (Wildman–Crippen LogP) is 1.80. The van der Waals surface area contributed by atoms with Crippen molar-refractivity contribution in [1.29, 1.82) is 0 Å². The molecule has 6 heteroatoms. The molecular formula is C10H12ClN5. The molecule has 5 nitrogen and oxygen atoms in total. The van der Waals surface area contributed by atoms with Gasteiger partial charge >= 0.3 is 0 Å². The van der Waals surface area contributed by atoms with Gasteiger partial charge in [-0.2, -0.15) is 0 Å². The molecule has 0 unspecified atom stereocenters. The van der Waals surface area contributed by atoms with E-state index in [-0.39, 0.29) is 11.4 Å². The first-order valence-electron chi connectivity index (χ1n) is 5.33. The number of nitrogens with two attached hydrogens (primary N) is 1. The summed E-state index contributed by atoms with van der Waals surface area (Å²) in [6.45, 7) is 2.16. The van der Waals surface area contributed by atoms with Gasteiger partial charge in [0.25, 0.3) is 0 Å². The number of fused-ring (bicyclic) bond motifs is 1. The summed E-state index contributed by atoms with van der Waals surface area (Å²) in [7, 11) is 0. The van der Waals surface area contributed by atoms with Gasteiger partial charge in [-0.05, 0) is 19.3 Å². The number of rotatable bonds is 2. The molecule has 1 saturated carbocycles. The number of hydrogen-bond donors (Lipinski definition) is 1. The fourth-order valence-electron chi connectivity index (χ4n) is 2.09. The third-order valence-electron chi connectivity index (χ3n) is 3.37. The van der Waals surface area contributed by atoms with Gasteiger partial charge in [0.2, 0.25) is 5.95 Å². The van der Waals surface area contributed by atoms with Gasteiger partial charge in [0.1, 0.15) is 11.3 Å². The number of halogens is 1. The molecule has 0 amide bonds. The van der Waals surface area contributed by atoms with Crippen molar-refractivity contribution in [3.8, 4) is 0 Å². The van der Waals surface area contributed by atoms with Gasteiger partial charge in [-0.1, -0.05) is 18.5 Å². The van der Waals surface area contributed by atoms with E-state index in [1.54, 1.807) is 10.7 Å². The minimum absolute atomic E-state index is 0.150. The van der Waals surface area contributed by atoms with E-state index in [4.69, 9.17) is 17.3 Å². The van der Waals surface area contributed by atoms with Crippen molar-refractivity contribution in [2.45, 2.75) is 31.6 Å². The number of aromatic nitrogens is 4. The van der Waals surface area contributed by atoms with E-state index in [1.807, 2.05) is 0 Å². The van der Waals surface area contributed by atoms with Gasteiger partial charge in [-0.3, -0.25) is 0 Å². The normalized spacial score (nSPS) is 17.9. The average Bonchev–Trinajstić information content (AvgIpc) is 3.00. The van der Waals surface area contributed by atoms with E-state index in [1.165, 1.54) is 0 Å². The van der Waals surface area contributed by atoms with E-state index in [0.29, 0.717) is 5.15 Å². The molecule has 2 aromatic heterocycles. The van der Waals surface area contributed by atoms with Crippen LogP contribution in [-0.4, -0.2) is 19.6 Å². The van der Waals surface area contributed by atoms with Crippen molar-refractivity contribution >= 4 is 23.1 Å². The van der Waals surface area contributed by atoms with Crippen LogP contribution in [-0.2, 0) is 5.41 Å².